The van der Waals surface area contributed by atoms with Crippen molar-refractivity contribution in [2.24, 2.45) is 5.73 Å². The Morgan fingerprint density at radius 1 is 1.50 bits per heavy atom. The summed E-state index contributed by atoms with van der Waals surface area (Å²) in [6.07, 6.45) is 0. The second kappa shape index (κ2) is 3.78. The fourth-order valence-corrected chi connectivity index (χ4v) is 1.30. The van der Waals surface area contributed by atoms with Crippen molar-refractivity contribution in [2.45, 2.75) is 0 Å². The fraction of sp³-hybridized carbons (Fsp3) is 0.125. The summed E-state index contributed by atoms with van der Waals surface area (Å²) in [5.41, 5.74) is 5.41. The zero-order valence-electron chi connectivity index (χ0n) is 6.18. The van der Waals surface area contributed by atoms with Crippen LogP contribution in [0.1, 0.15) is 10.4 Å². The Bertz CT molecular complexity index is 294. The average Bonchev–Trinajstić information content (AvgIpc) is 2.01. The molecular weight excluding hydrogens is 225 g/mol. The highest BCUT2D eigenvalue weighted by Crippen LogP contribution is 2.14. The van der Waals surface area contributed by atoms with Crippen molar-refractivity contribution >= 4 is 21.7 Å². The molecule has 64 valence electrons. The molecule has 12 heavy (non-hydrogen) atoms. The lowest BCUT2D eigenvalue weighted by molar-refractivity contribution is 0.100. The Morgan fingerprint density at radius 3 is 2.67 bits per heavy atom. The van der Waals surface area contributed by atoms with Crippen LogP contribution < -0.4 is 5.73 Å². The van der Waals surface area contributed by atoms with Crippen LogP contribution in [0.3, 0.4) is 0 Å². The fourth-order valence-electron chi connectivity index (χ4n) is 0.833. The maximum absolute atomic E-state index is 12.7. The van der Waals surface area contributed by atoms with E-state index in [1.165, 1.54) is 18.2 Å². The molecule has 2 N–H and O–H groups in total. The van der Waals surface area contributed by atoms with Crippen molar-refractivity contribution in [3.8, 4) is 0 Å². The highest BCUT2D eigenvalue weighted by atomic mass is 79.9. The van der Waals surface area contributed by atoms with Crippen molar-refractivity contribution in [3.63, 3.8) is 0 Å². The number of hydrogen-bond donors (Lipinski definition) is 1. The number of rotatable bonds is 2. The normalized spacial score (nSPS) is 9.92. The Morgan fingerprint density at radius 2 is 2.17 bits per heavy atom. The van der Waals surface area contributed by atoms with Gasteiger partial charge in [-0.05, 0) is 18.2 Å². The number of nitrogens with two attached hydrogens (primary N) is 1. The van der Waals surface area contributed by atoms with E-state index in [0.29, 0.717) is 10.0 Å². The van der Waals surface area contributed by atoms with Gasteiger partial charge in [0.25, 0.3) is 0 Å². The van der Waals surface area contributed by atoms with Gasteiger partial charge >= 0.3 is 0 Å². The van der Waals surface area contributed by atoms with Gasteiger partial charge in [0, 0.05) is 10.0 Å². The molecular formula is C8H7BrFNO. The minimum Gasteiger partial charge on any atom is -0.324 e. The summed E-state index contributed by atoms with van der Waals surface area (Å²) in [6, 6.07) is 3.99. The number of halogens is 2. The number of hydrogen-bond acceptors (Lipinski definition) is 2. The van der Waals surface area contributed by atoms with E-state index in [-0.39, 0.29) is 12.3 Å². The van der Waals surface area contributed by atoms with Gasteiger partial charge in [0.1, 0.15) is 5.82 Å². The van der Waals surface area contributed by atoms with Gasteiger partial charge in [0.15, 0.2) is 5.78 Å². The Balaban J connectivity index is 3.08. The van der Waals surface area contributed by atoms with Crippen molar-refractivity contribution in [1.82, 2.24) is 0 Å². The van der Waals surface area contributed by atoms with E-state index in [1.54, 1.807) is 0 Å². The summed E-state index contributed by atoms with van der Waals surface area (Å²) in [6.45, 7) is -0.101. The Kier molecular flexibility index (Phi) is 2.94. The molecule has 0 radical (unpaired) electrons. The van der Waals surface area contributed by atoms with E-state index in [2.05, 4.69) is 15.9 Å². The second-order valence-corrected chi connectivity index (χ2v) is 3.20. The molecule has 4 heteroatoms. The first-order chi connectivity index (χ1) is 5.63. The molecule has 0 bridgehead atoms. The van der Waals surface area contributed by atoms with E-state index in [9.17, 15) is 9.18 Å². The third-order valence-electron chi connectivity index (χ3n) is 1.37. The molecule has 2 nitrogen and oxygen atoms in total. The third kappa shape index (κ3) is 2.12. The topological polar surface area (TPSA) is 43.1 Å². The molecule has 0 aromatic heterocycles. The molecule has 1 rings (SSSR count). The van der Waals surface area contributed by atoms with Gasteiger partial charge < -0.3 is 5.73 Å². The number of carbonyl (C=O) groups is 1. The van der Waals surface area contributed by atoms with E-state index < -0.39 is 5.82 Å². The highest BCUT2D eigenvalue weighted by Gasteiger charge is 2.05. The summed E-state index contributed by atoms with van der Waals surface area (Å²) in [4.78, 5) is 11.0. The average molecular weight is 232 g/mol. The molecule has 0 aliphatic heterocycles. The van der Waals surface area contributed by atoms with Gasteiger partial charge in [-0.15, -0.1) is 0 Å². The molecule has 0 fully saturated rings. The highest BCUT2D eigenvalue weighted by molar-refractivity contribution is 9.10. The molecule has 0 spiro atoms. The molecule has 0 amide bonds. The van der Waals surface area contributed by atoms with Crippen LogP contribution in [0, 0.1) is 5.82 Å². The largest absolute Gasteiger partial charge is 0.324 e. The van der Waals surface area contributed by atoms with Crippen LogP contribution in [0.15, 0.2) is 22.7 Å². The SMILES string of the molecule is NCC(=O)c1cc(F)cc(Br)c1. The van der Waals surface area contributed by atoms with E-state index >= 15 is 0 Å². The summed E-state index contributed by atoms with van der Waals surface area (Å²) < 4.78 is 13.2. The van der Waals surface area contributed by atoms with Gasteiger partial charge in [-0.25, -0.2) is 4.39 Å². The standard InChI is InChI=1S/C8H7BrFNO/c9-6-1-5(8(12)4-11)2-7(10)3-6/h1-3H,4,11H2. The minimum atomic E-state index is -0.443. The van der Waals surface area contributed by atoms with Crippen LogP contribution in [-0.4, -0.2) is 12.3 Å². The molecule has 1 aromatic rings. The summed E-state index contributed by atoms with van der Waals surface area (Å²) in [5.74, 6) is -0.712. The van der Waals surface area contributed by atoms with Gasteiger partial charge in [-0.2, -0.15) is 0 Å². The number of carbonyl (C=O) groups excluding carboxylic acids is 1. The molecule has 0 heterocycles. The van der Waals surface area contributed by atoms with Gasteiger partial charge in [-0.1, -0.05) is 15.9 Å². The number of Topliss-reactive ketones (excluding diaryl/α,β-unsaturated/α-hetero) is 1. The Hall–Kier alpha value is -0.740. The molecule has 0 saturated carbocycles. The predicted octanol–water partition coefficient (Wildman–Crippen LogP) is 1.73. The first-order valence-electron chi connectivity index (χ1n) is 3.33. The lowest BCUT2D eigenvalue weighted by Crippen LogP contribution is -2.13. The smallest absolute Gasteiger partial charge is 0.176 e. The maximum Gasteiger partial charge on any atom is 0.176 e. The van der Waals surface area contributed by atoms with Crippen LogP contribution in [0.25, 0.3) is 0 Å². The van der Waals surface area contributed by atoms with Crippen LogP contribution in [0.4, 0.5) is 4.39 Å². The molecule has 0 saturated heterocycles. The molecule has 0 aliphatic rings. The third-order valence-corrected chi connectivity index (χ3v) is 1.83. The van der Waals surface area contributed by atoms with E-state index in [1.807, 2.05) is 0 Å². The monoisotopic (exact) mass is 231 g/mol. The summed E-state index contributed by atoms with van der Waals surface area (Å²) in [5, 5.41) is 0. The lowest BCUT2D eigenvalue weighted by Gasteiger charge is -1.98. The maximum atomic E-state index is 12.7. The molecule has 1 aromatic carbocycles. The Labute approximate surface area is 77.7 Å². The molecule has 0 unspecified atom stereocenters. The van der Waals surface area contributed by atoms with E-state index in [4.69, 9.17) is 5.73 Å². The van der Waals surface area contributed by atoms with Crippen molar-refractivity contribution in [1.29, 1.82) is 0 Å². The van der Waals surface area contributed by atoms with Gasteiger partial charge in [-0.3, -0.25) is 4.79 Å². The zero-order valence-corrected chi connectivity index (χ0v) is 7.77. The van der Waals surface area contributed by atoms with Crippen LogP contribution in [-0.2, 0) is 0 Å². The molecule has 0 aliphatic carbocycles. The van der Waals surface area contributed by atoms with Crippen LogP contribution in [0.5, 0.6) is 0 Å². The van der Waals surface area contributed by atoms with Gasteiger partial charge in [0.2, 0.25) is 0 Å². The van der Waals surface area contributed by atoms with E-state index in [0.717, 1.165) is 0 Å². The van der Waals surface area contributed by atoms with Gasteiger partial charge in [0.05, 0.1) is 6.54 Å². The first kappa shape index (κ1) is 9.35. The zero-order chi connectivity index (χ0) is 9.14. The minimum absolute atomic E-state index is 0.101. The van der Waals surface area contributed by atoms with Crippen LogP contribution >= 0.6 is 15.9 Å². The van der Waals surface area contributed by atoms with Crippen molar-refractivity contribution in [2.75, 3.05) is 6.54 Å². The van der Waals surface area contributed by atoms with Crippen molar-refractivity contribution in [3.05, 3.63) is 34.1 Å². The summed E-state index contributed by atoms with van der Waals surface area (Å²) >= 11 is 3.08. The first-order valence-corrected chi connectivity index (χ1v) is 4.12. The van der Waals surface area contributed by atoms with Crippen molar-refractivity contribution < 1.29 is 9.18 Å². The lowest BCUT2D eigenvalue weighted by atomic mass is 10.1. The summed E-state index contributed by atoms with van der Waals surface area (Å²) in [7, 11) is 0. The number of benzene rings is 1. The molecule has 0 atom stereocenters. The second-order valence-electron chi connectivity index (χ2n) is 2.29. The predicted molar refractivity (Wildman–Crippen MR) is 47.5 cm³/mol. The number of ketones is 1. The van der Waals surface area contributed by atoms with Crippen LogP contribution in [0.2, 0.25) is 0 Å². The quantitative estimate of drug-likeness (QED) is 0.789.